The van der Waals surface area contributed by atoms with Crippen molar-refractivity contribution < 1.29 is 14.6 Å². The molecule has 1 fully saturated rings. The molecule has 1 aliphatic rings. The summed E-state index contributed by atoms with van der Waals surface area (Å²) in [6.07, 6.45) is -0.0883. The molecule has 1 aromatic heterocycles. The quantitative estimate of drug-likeness (QED) is 0.924. The van der Waals surface area contributed by atoms with Gasteiger partial charge in [-0.3, -0.25) is 9.69 Å². The molecule has 0 spiro atoms. The van der Waals surface area contributed by atoms with E-state index >= 15 is 0 Å². The van der Waals surface area contributed by atoms with Gasteiger partial charge in [-0.15, -0.1) is 11.3 Å². The fourth-order valence-corrected chi connectivity index (χ4v) is 3.43. The lowest BCUT2D eigenvalue weighted by molar-refractivity contribution is -0.142. The van der Waals surface area contributed by atoms with Crippen LogP contribution in [-0.2, 0) is 16.1 Å². The van der Waals surface area contributed by atoms with Crippen molar-refractivity contribution in [3.63, 3.8) is 0 Å². The van der Waals surface area contributed by atoms with E-state index in [1.165, 1.54) is 4.88 Å². The third kappa shape index (κ3) is 4.06. The maximum absolute atomic E-state index is 10.6. The third-order valence-electron chi connectivity index (χ3n) is 2.63. The van der Waals surface area contributed by atoms with Crippen molar-refractivity contribution in [3.8, 4) is 0 Å². The van der Waals surface area contributed by atoms with Crippen molar-refractivity contribution in [1.29, 1.82) is 0 Å². The van der Waals surface area contributed by atoms with Gasteiger partial charge in [0, 0.05) is 24.5 Å². The molecule has 1 aromatic rings. The summed E-state index contributed by atoms with van der Waals surface area (Å²) in [5, 5.41) is 8.74. The number of nitrogens with zero attached hydrogens (tertiary/aromatic N) is 1. The molecular formula is C11H14BrNO3S. The van der Waals surface area contributed by atoms with Gasteiger partial charge in [-0.25, -0.2) is 0 Å². The van der Waals surface area contributed by atoms with Gasteiger partial charge >= 0.3 is 5.97 Å². The molecule has 6 heteroatoms. The normalized spacial score (nSPS) is 21.6. The van der Waals surface area contributed by atoms with Crippen LogP contribution < -0.4 is 0 Å². The smallest absolute Gasteiger partial charge is 0.306 e. The Labute approximate surface area is 112 Å². The van der Waals surface area contributed by atoms with Crippen LogP contribution in [0.5, 0.6) is 0 Å². The van der Waals surface area contributed by atoms with Crippen molar-refractivity contribution in [2.75, 3.05) is 19.7 Å². The number of carboxylic acids is 1. The number of carbonyl (C=O) groups is 1. The first-order chi connectivity index (χ1) is 8.13. The molecule has 2 rings (SSSR count). The van der Waals surface area contributed by atoms with Crippen LogP contribution in [0.25, 0.3) is 0 Å². The monoisotopic (exact) mass is 319 g/mol. The lowest BCUT2D eigenvalue weighted by Crippen LogP contribution is -2.42. The average Bonchev–Trinajstić information content (AvgIpc) is 2.63. The topological polar surface area (TPSA) is 49.8 Å². The van der Waals surface area contributed by atoms with Crippen LogP contribution in [0.15, 0.2) is 15.9 Å². The van der Waals surface area contributed by atoms with Gasteiger partial charge in [0.15, 0.2) is 0 Å². The van der Waals surface area contributed by atoms with E-state index in [-0.39, 0.29) is 12.5 Å². The van der Waals surface area contributed by atoms with Crippen LogP contribution in [0, 0.1) is 0 Å². The lowest BCUT2D eigenvalue weighted by Gasteiger charge is -2.31. The first kappa shape index (κ1) is 13.0. The van der Waals surface area contributed by atoms with Crippen LogP contribution >= 0.6 is 27.3 Å². The van der Waals surface area contributed by atoms with Crippen molar-refractivity contribution in [1.82, 2.24) is 4.90 Å². The second-order valence-corrected chi connectivity index (χ2v) is 6.58. The number of carboxylic acid groups (broad SMARTS) is 1. The molecule has 0 amide bonds. The Morgan fingerprint density at radius 3 is 3.12 bits per heavy atom. The van der Waals surface area contributed by atoms with Gasteiger partial charge in [0.25, 0.3) is 0 Å². The number of halogens is 1. The first-order valence-corrected chi connectivity index (χ1v) is 7.04. The SMILES string of the molecule is O=C(O)CC1CN(Cc2ccc(Br)s2)CCO1. The summed E-state index contributed by atoms with van der Waals surface area (Å²) in [4.78, 5) is 14.2. The molecule has 0 aliphatic carbocycles. The first-order valence-electron chi connectivity index (χ1n) is 5.43. The molecule has 1 N–H and O–H groups in total. The predicted molar refractivity (Wildman–Crippen MR) is 69.3 cm³/mol. The maximum atomic E-state index is 10.6. The van der Waals surface area contributed by atoms with E-state index < -0.39 is 5.97 Å². The maximum Gasteiger partial charge on any atom is 0.306 e. The van der Waals surface area contributed by atoms with Crippen LogP contribution in [0.3, 0.4) is 0 Å². The molecule has 0 bridgehead atoms. The van der Waals surface area contributed by atoms with Crippen molar-refractivity contribution in [2.45, 2.75) is 19.1 Å². The molecule has 1 atom stereocenters. The Kier molecular flexibility index (Phi) is 4.55. The van der Waals surface area contributed by atoms with Gasteiger partial charge in [-0.1, -0.05) is 0 Å². The van der Waals surface area contributed by atoms with Crippen molar-refractivity contribution in [3.05, 3.63) is 20.8 Å². The number of rotatable bonds is 4. The molecule has 0 radical (unpaired) electrons. The Balaban J connectivity index is 1.87. The number of morpholine rings is 1. The second-order valence-electron chi connectivity index (χ2n) is 4.03. The Morgan fingerprint density at radius 1 is 1.65 bits per heavy atom. The minimum absolute atomic E-state index is 0.0879. The summed E-state index contributed by atoms with van der Waals surface area (Å²) in [6, 6.07) is 4.13. The van der Waals surface area contributed by atoms with Crippen LogP contribution in [-0.4, -0.2) is 41.8 Å². The Bertz CT molecular complexity index is 396. The summed E-state index contributed by atoms with van der Waals surface area (Å²) in [6.45, 7) is 3.05. The highest BCUT2D eigenvalue weighted by Gasteiger charge is 2.22. The van der Waals surface area contributed by atoms with Gasteiger partial charge in [0.05, 0.1) is 22.9 Å². The van der Waals surface area contributed by atoms with E-state index in [0.29, 0.717) is 13.2 Å². The van der Waals surface area contributed by atoms with Gasteiger partial charge < -0.3 is 9.84 Å². The molecule has 1 aliphatic heterocycles. The van der Waals surface area contributed by atoms with E-state index in [0.717, 1.165) is 16.9 Å². The van der Waals surface area contributed by atoms with Gasteiger partial charge in [-0.05, 0) is 28.1 Å². The second kappa shape index (κ2) is 5.95. The minimum atomic E-state index is -0.796. The van der Waals surface area contributed by atoms with Crippen LogP contribution in [0.2, 0.25) is 0 Å². The van der Waals surface area contributed by atoms with Gasteiger partial charge in [0.2, 0.25) is 0 Å². The van der Waals surface area contributed by atoms with E-state index in [1.54, 1.807) is 11.3 Å². The van der Waals surface area contributed by atoms with Gasteiger partial charge in [0.1, 0.15) is 0 Å². The number of hydrogen-bond donors (Lipinski definition) is 1. The van der Waals surface area contributed by atoms with E-state index in [2.05, 4.69) is 26.9 Å². The number of thiophene rings is 1. The highest BCUT2D eigenvalue weighted by Crippen LogP contribution is 2.24. The van der Waals surface area contributed by atoms with E-state index in [1.807, 2.05) is 6.07 Å². The molecule has 0 aromatic carbocycles. The zero-order valence-electron chi connectivity index (χ0n) is 9.26. The fourth-order valence-electron chi connectivity index (χ4n) is 1.90. The summed E-state index contributed by atoms with van der Waals surface area (Å²) >= 11 is 5.15. The average molecular weight is 320 g/mol. The number of aliphatic carboxylic acids is 1. The van der Waals surface area contributed by atoms with E-state index in [4.69, 9.17) is 9.84 Å². The molecule has 2 heterocycles. The Morgan fingerprint density at radius 2 is 2.47 bits per heavy atom. The predicted octanol–water partition coefficient (Wildman–Crippen LogP) is 2.19. The molecule has 94 valence electrons. The molecule has 4 nitrogen and oxygen atoms in total. The third-order valence-corrected chi connectivity index (χ3v) is 4.24. The summed E-state index contributed by atoms with van der Waals surface area (Å²) in [7, 11) is 0. The van der Waals surface area contributed by atoms with Crippen LogP contribution in [0.4, 0.5) is 0 Å². The minimum Gasteiger partial charge on any atom is -0.481 e. The zero-order valence-corrected chi connectivity index (χ0v) is 11.7. The molecular weight excluding hydrogens is 306 g/mol. The van der Waals surface area contributed by atoms with Gasteiger partial charge in [-0.2, -0.15) is 0 Å². The van der Waals surface area contributed by atoms with Crippen molar-refractivity contribution in [2.24, 2.45) is 0 Å². The molecule has 17 heavy (non-hydrogen) atoms. The summed E-state index contributed by atoms with van der Waals surface area (Å²) < 4.78 is 6.56. The lowest BCUT2D eigenvalue weighted by atomic mass is 10.2. The standard InChI is InChI=1S/C11H14BrNO3S/c12-10-2-1-9(17-10)7-13-3-4-16-8(6-13)5-11(14)15/h1-2,8H,3-7H2,(H,14,15). The zero-order chi connectivity index (χ0) is 12.3. The molecule has 0 saturated carbocycles. The Hall–Kier alpha value is -0.430. The molecule has 1 saturated heterocycles. The van der Waals surface area contributed by atoms with Crippen LogP contribution in [0.1, 0.15) is 11.3 Å². The largest absolute Gasteiger partial charge is 0.481 e. The van der Waals surface area contributed by atoms with Crippen molar-refractivity contribution >= 4 is 33.2 Å². The highest BCUT2D eigenvalue weighted by molar-refractivity contribution is 9.11. The summed E-state index contributed by atoms with van der Waals surface area (Å²) in [5.41, 5.74) is 0. The molecule has 1 unspecified atom stereocenters. The fraction of sp³-hybridized carbons (Fsp3) is 0.545. The highest BCUT2D eigenvalue weighted by atomic mass is 79.9. The van der Waals surface area contributed by atoms with E-state index in [9.17, 15) is 4.79 Å². The summed E-state index contributed by atoms with van der Waals surface area (Å²) in [5.74, 6) is -0.796. The number of hydrogen-bond acceptors (Lipinski definition) is 4. The number of ether oxygens (including phenoxy) is 1.